The second kappa shape index (κ2) is 8.12. The van der Waals surface area contributed by atoms with Crippen molar-refractivity contribution in [3.8, 4) is 11.5 Å². The summed E-state index contributed by atoms with van der Waals surface area (Å²) in [4.78, 5) is 18.5. The number of carbonyl (C=O) groups is 1. The van der Waals surface area contributed by atoms with Crippen molar-refractivity contribution < 1.29 is 14.3 Å². The van der Waals surface area contributed by atoms with Gasteiger partial charge in [0.1, 0.15) is 5.82 Å². The fourth-order valence-electron chi connectivity index (χ4n) is 4.04. The number of nitrogens with one attached hydrogen (secondary N) is 1. The van der Waals surface area contributed by atoms with Gasteiger partial charge in [-0.05, 0) is 43.4 Å². The maximum Gasteiger partial charge on any atom is 0.317 e. The second-order valence-corrected chi connectivity index (χ2v) is 7.65. The molecule has 1 saturated heterocycles. The summed E-state index contributed by atoms with van der Waals surface area (Å²) in [5, 5.41) is 3.01. The van der Waals surface area contributed by atoms with Crippen LogP contribution in [0, 0.1) is 0 Å². The van der Waals surface area contributed by atoms with Crippen LogP contribution in [0.25, 0.3) is 0 Å². The average molecular weight is 384 g/mol. The van der Waals surface area contributed by atoms with E-state index < -0.39 is 0 Å². The number of benzene rings is 1. The standard InChI is InChI=1S/C21H28N4O3/c1-24-10-9-22-20(24)14-25-13-16(12-23-21(25)26)15-7-8-18(27-2)19(11-15)28-17-5-3-4-6-17/h7-11,16-17H,3-6,12-14H2,1-2H3,(H,23,26). The van der Waals surface area contributed by atoms with Crippen molar-refractivity contribution in [3.63, 3.8) is 0 Å². The lowest BCUT2D eigenvalue weighted by Crippen LogP contribution is -2.49. The Labute approximate surface area is 165 Å². The summed E-state index contributed by atoms with van der Waals surface area (Å²) in [6.45, 7) is 1.76. The number of amides is 2. The smallest absolute Gasteiger partial charge is 0.317 e. The molecule has 1 atom stereocenters. The molecule has 0 radical (unpaired) electrons. The van der Waals surface area contributed by atoms with Gasteiger partial charge in [0, 0.05) is 38.4 Å². The van der Waals surface area contributed by atoms with Crippen molar-refractivity contribution >= 4 is 6.03 Å². The Morgan fingerprint density at radius 1 is 1.25 bits per heavy atom. The first-order valence-corrected chi connectivity index (χ1v) is 9.97. The molecular weight excluding hydrogens is 356 g/mol. The van der Waals surface area contributed by atoms with Gasteiger partial charge in [-0.3, -0.25) is 0 Å². The van der Waals surface area contributed by atoms with Crippen LogP contribution in [0.3, 0.4) is 0 Å². The van der Waals surface area contributed by atoms with Crippen molar-refractivity contribution in [2.24, 2.45) is 7.05 Å². The van der Waals surface area contributed by atoms with E-state index in [1.165, 1.54) is 12.8 Å². The molecule has 1 aromatic heterocycles. The number of methoxy groups -OCH3 is 1. The molecule has 1 N–H and O–H groups in total. The predicted octanol–water partition coefficient (Wildman–Crippen LogP) is 3.06. The van der Waals surface area contributed by atoms with E-state index in [2.05, 4.69) is 22.4 Å². The van der Waals surface area contributed by atoms with Gasteiger partial charge in [-0.1, -0.05) is 6.07 Å². The Bertz CT molecular complexity index is 829. The summed E-state index contributed by atoms with van der Waals surface area (Å²) in [6, 6.07) is 6.08. The summed E-state index contributed by atoms with van der Waals surface area (Å²) in [5.41, 5.74) is 1.15. The molecule has 4 rings (SSSR count). The number of hydrogen-bond acceptors (Lipinski definition) is 4. The molecule has 28 heavy (non-hydrogen) atoms. The van der Waals surface area contributed by atoms with Crippen molar-refractivity contribution in [2.75, 3.05) is 20.2 Å². The largest absolute Gasteiger partial charge is 0.493 e. The zero-order valence-electron chi connectivity index (χ0n) is 16.6. The minimum Gasteiger partial charge on any atom is -0.493 e. The Morgan fingerprint density at radius 3 is 2.79 bits per heavy atom. The highest BCUT2D eigenvalue weighted by Crippen LogP contribution is 2.35. The van der Waals surface area contributed by atoms with Gasteiger partial charge in [-0.15, -0.1) is 0 Å². The van der Waals surface area contributed by atoms with Crippen LogP contribution in [0.1, 0.15) is 43.0 Å². The van der Waals surface area contributed by atoms with Crippen LogP contribution in [0.4, 0.5) is 4.79 Å². The van der Waals surface area contributed by atoms with E-state index in [0.29, 0.717) is 19.6 Å². The zero-order valence-corrected chi connectivity index (χ0v) is 16.6. The Hall–Kier alpha value is -2.70. The molecule has 0 spiro atoms. The first-order chi connectivity index (χ1) is 13.6. The topological polar surface area (TPSA) is 68.6 Å². The first-order valence-electron chi connectivity index (χ1n) is 9.97. The van der Waals surface area contributed by atoms with Gasteiger partial charge < -0.3 is 24.3 Å². The van der Waals surface area contributed by atoms with Crippen molar-refractivity contribution in [1.29, 1.82) is 0 Å². The highest BCUT2D eigenvalue weighted by molar-refractivity contribution is 5.75. The lowest BCUT2D eigenvalue weighted by molar-refractivity contribution is 0.174. The van der Waals surface area contributed by atoms with E-state index in [0.717, 1.165) is 35.7 Å². The lowest BCUT2D eigenvalue weighted by Gasteiger charge is -2.33. The molecule has 7 heteroatoms. The SMILES string of the molecule is COc1ccc(C2CNC(=O)N(Cc3nccn3C)C2)cc1OC1CCCC1. The van der Waals surface area contributed by atoms with Gasteiger partial charge in [0.2, 0.25) is 0 Å². The second-order valence-electron chi connectivity index (χ2n) is 7.65. The van der Waals surface area contributed by atoms with E-state index >= 15 is 0 Å². The number of imidazole rings is 1. The number of ether oxygens (including phenoxy) is 2. The Kier molecular flexibility index (Phi) is 5.41. The van der Waals surface area contributed by atoms with Crippen LogP contribution < -0.4 is 14.8 Å². The number of nitrogens with zero attached hydrogens (tertiary/aromatic N) is 3. The minimum absolute atomic E-state index is 0.0461. The van der Waals surface area contributed by atoms with Gasteiger partial charge >= 0.3 is 6.03 Å². The molecule has 2 aromatic rings. The third-order valence-electron chi connectivity index (χ3n) is 5.74. The fourth-order valence-corrected chi connectivity index (χ4v) is 4.04. The van der Waals surface area contributed by atoms with Gasteiger partial charge in [-0.25, -0.2) is 9.78 Å². The number of carbonyl (C=O) groups excluding carboxylic acids is 1. The third-order valence-corrected chi connectivity index (χ3v) is 5.74. The maximum absolute atomic E-state index is 12.3. The van der Waals surface area contributed by atoms with E-state index in [9.17, 15) is 4.79 Å². The van der Waals surface area contributed by atoms with Crippen LogP contribution in [-0.4, -0.2) is 46.8 Å². The maximum atomic E-state index is 12.3. The predicted molar refractivity (Wildman–Crippen MR) is 106 cm³/mol. The molecule has 7 nitrogen and oxygen atoms in total. The van der Waals surface area contributed by atoms with E-state index in [1.54, 1.807) is 13.3 Å². The molecule has 1 unspecified atom stereocenters. The first kappa shape index (κ1) is 18.7. The zero-order chi connectivity index (χ0) is 19.5. The summed E-state index contributed by atoms with van der Waals surface area (Å²) < 4.78 is 13.7. The monoisotopic (exact) mass is 384 g/mol. The van der Waals surface area contributed by atoms with E-state index in [4.69, 9.17) is 9.47 Å². The molecule has 150 valence electrons. The van der Waals surface area contributed by atoms with Crippen LogP contribution in [0.2, 0.25) is 0 Å². The van der Waals surface area contributed by atoms with E-state index in [1.807, 2.05) is 28.8 Å². The minimum atomic E-state index is -0.0461. The molecule has 2 aliphatic rings. The Balaban J connectivity index is 1.50. The van der Waals surface area contributed by atoms with Gasteiger partial charge in [-0.2, -0.15) is 0 Å². The van der Waals surface area contributed by atoms with Crippen molar-refractivity contribution in [2.45, 2.75) is 44.2 Å². The molecule has 1 aromatic carbocycles. The van der Waals surface area contributed by atoms with Crippen LogP contribution in [-0.2, 0) is 13.6 Å². The number of hydrogen-bond donors (Lipinski definition) is 1. The van der Waals surface area contributed by atoms with Gasteiger partial charge in [0.15, 0.2) is 11.5 Å². The molecule has 1 saturated carbocycles. The number of urea groups is 1. The number of aromatic nitrogens is 2. The van der Waals surface area contributed by atoms with E-state index in [-0.39, 0.29) is 18.1 Å². The summed E-state index contributed by atoms with van der Waals surface area (Å²) in [7, 11) is 3.61. The van der Waals surface area contributed by atoms with Crippen molar-refractivity contribution in [1.82, 2.24) is 19.8 Å². The van der Waals surface area contributed by atoms with Gasteiger partial charge in [0.05, 0.1) is 19.8 Å². The molecule has 2 fully saturated rings. The number of aryl methyl sites for hydroxylation is 1. The summed E-state index contributed by atoms with van der Waals surface area (Å²) in [5.74, 6) is 2.63. The van der Waals surface area contributed by atoms with Crippen molar-refractivity contribution in [3.05, 3.63) is 42.0 Å². The third kappa shape index (κ3) is 3.93. The highest BCUT2D eigenvalue weighted by atomic mass is 16.5. The lowest BCUT2D eigenvalue weighted by atomic mass is 9.96. The molecule has 1 aliphatic carbocycles. The molecule has 0 bridgehead atoms. The average Bonchev–Trinajstić information content (AvgIpc) is 3.35. The van der Waals surface area contributed by atoms with Crippen LogP contribution in [0.15, 0.2) is 30.6 Å². The normalized spacial score (nSPS) is 20.3. The molecular formula is C21H28N4O3. The molecule has 2 amide bonds. The summed E-state index contributed by atoms with van der Waals surface area (Å²) >= 11 is 0. The molecule has 1 aliphatic heterocycles. The number of rotatable bonds is 6. The fraction of sp³-hybridized carbons (Fsp3) is 0.524. The highest BCUT2D eigenvalue weighted by Gasteiger charge is 2.28. The molecule has 2 heterocycles. The van der Waals surface area contributed by atoms with Gasteiger partial charge in [0.25, 0.3) is 0 Å². The van der Waals surface area contributed by atoms with Crippen LogP contribution in [0.5, 0.6) is 11.5 Å². The summed E-state index contributed by atoms with van der Waals surface area (Å²) in [6.07, 6.45) is 8.58. The van der Waals surface area contributed by atoms with Crippen LogP contribution >= 0.6 is 0 Å². The quantitative estimate of drug-likeness (QED) is 0.831. The Morgan fingerprint density at radius 2 is 2.07 bits per heavy atom.